The zero-order valence-electron chi connectivity index (χ0n) is 6.79. The molecule has 0 aromatic carbocycles. The van der Waals surface area contributed by atoms with E-state index in [4.69, 9.17) is 4.18 Å². The fraction of sp³-hybridized carbons (Fsp3) is 0.875. The third kappa shape index (κ3) is 2.83. The van der Waals surface area contributed by atoms with Crippen LogP contribution in [-0.4, -0.2) is 18.6 Å². The summed E-state index contributed by atoms with van der Waals surface area (Å²) in [7, 11) is 0. The van der Waals surface area contributed by atoms with E-state index in [1.807, 2.05) is 6.26 Å². The van der Waals surface area contributed by atoms with E-state index in [2.05, 4.69) is 0 Å². The van der Waals surface area contributed by atoms with Gasteiger partial charge in [0.2, 0.25) is 0 Å². The van der Waals surface area contributed by atoms with Crippen molar-refractivity contribution in [1.29, 1.82) is 0 Å². The summed E-state index contributed by atoms with van der Waals surface area (Å²) in [6.07, 6.45) is 7.52. The van der Waals surface area contributed by atoms with Crippen LogP contribution in [0.4, 0.5) is 0 Å². The van der Waals surface area contributed by atoms with Crippen LogP contribution in [-0.2, 0) is 8.98 Å². The molecule has 0 aromatic heterocycles. The Morgan fingerprint density at radius 2 is 2.36 bits per heavy atom. The second kappa shape index (κ2) is 4.78. The van der Waals surface area contributed by atoms with E-state index < -0.39 is 0 Å². The second-order valence-electron chi connectivity index (χ2n) is 2.95. The number of hydrogen-bond donors (Lipinski definition) is 0. The van der Waals surface area contributed by atoms with E-state index in [1.54, 1.807) is 0 Å². The van der Waals surface area contributed by atoms with Gasteiger partial charge in [-0.3, -0.25) is 0 Å². The van der Waals surface area contributed by atoms with Crippen LogP contribution in [0.25, 0.3) is 0 Å². The van der Waals surface area contributed by atoms with Crippen LogP contribution in [0.15, 0.2) is 0 Å². The van der Waals surface area contributed by atoms with Gasteiger partial charge in [0.25, 0.3) is 0 Å². The van der Waals surface area contributed by atoms with Crippen molar-refractivity contribution >= 4 is 18.3 Å². The van der Waals surface area contributed by atoms with Crippen molar-refractivity contribution in [3.8, 4) is 0 Å². The largest absolute Gasteiger partial charge is 0.312 e. The summed E-state index contributed by atoms with van der Waals surface area (Å²) in [5, 5.41) is 0. The van der Waals surface area contributed by atoms with Crippen LogP contribution in [0.2, 0.25) is 0 Å². The molecular weight excluding hydrogens is 160 g/mol. The number of hydrogen-bond acceptors (Lipinski definition) is 3. The molecule has 0 saturated heterocycles. The average Bonchev–Trinajstić information content (AvgIpc) is 2.06. The molecule has 1 saturated carbocycles. The molecule has 0 amide bonds. The number of aldehydes is 1. The van der Waals surface area contributed by atoms with Crippen molar-refractivity contribution in [2.24, 2.45) is 5.92 Å². The van der Waals surface area contributed by atoms with Crippen LogP contribution in [0.5, 0.6) is 0 Å². The van der Waals surface area contributed by atoms with Crippen LogP contribution < -0.4 is 0 Å². The average molecular weight is 174 g/mol. The monoisotopic (exact) mass is 174 g/mol. The molecule has 1 aliphatic rings. The minimum atomic E-state index is 0.251. The zero-order chi connectivity index (χ0) is 8.10. The lowest BCUT2D eigenvalue weighted by molar-refractivity contribution is -0.112. The summed E-state index contributed by atoms with van der Waals surface area (Å²) >= 11 is 1.40. The van der Waals surface area contributed by atoms with Gasteiger partial charge in [0, 0.05) is 12.2 Å². The fourth-order valence-corrected chi connectivity index (χ4v) is 1.98. The molecule has 2 nitrogen and oxygen atoms in total. The van der Waals surface area contributed by atoms with Gasteiger partial charge in [-0.15, -0.1) is 0 Å². The smallest absolute Gasteiger partial charge is 0.123 e. The minimum Gasteiger partial charge on any atom is -0.312 e. The third-order valence-corrected chi connectivity index (χ3v) is 2.56. The highest BCUT2D eigenvalue weighted by Gasteiger charge is 2.21. The lowest BCUT2D eigenvalue weighted by Gasteiger charge is -2.24. The first-order chi connectivity index (χ1) is 5.36. The summed E-state index contributed by atoms with van der Waals surface area (Å²) in [5.41, 5.74) is 0. The van der Waals surface area contributed by atoms with Gasteiger partial charge in [0.05, 0.1) is 6.10 Å². The van der Waals surface area contributed by atoms with Gasteiger partial charge in [0.15, 0.2) is 0 Å². The lowest BCUT2D eigenvalue weighted by atomic mass is 9.88. The normalized spacial score (nSPS) is 31.7. The Morgan fingerprint density at radius 3 is 3.00 bits per heavy atom. The topological polar surface area (TPSA) is 26.3 Å². The predicted molar refractivity (Wildman–Crippen MR) is 46.4 cm³/mol. The first kappa shape index (κ1) is 9.07. The highest BCUT2D eigenvalue weighted by molar-refractivity contribution is 7.93. The molecule has 3 heteroatoms. The highest BCUT2D eigenvalue weighted by Crippen LogP contribution is 2.26. The molecule has 0 bridgehead atoms. The standard InChI is InChI=1S/C8H14O2S/c1-11-10-8-4-2-3-7(5-8)6-9/h6-8H,2-5H2,1H3. The van der Waals surface area contributed by atoms with Crippen LogP contribution >= 0.6 is 12.0 Å². The van der Waals surface area contributed by atoms with Crippen molar-refractivity contribution in [2.75, 3.05) is 6.26 Å². The molecule has 2 unspecified atom stereocenters. The summed E-state index contributed by atoms with van der Waals surface area (Å²) in [4.78, 5) is 10.4. The molecule has 0 heterocycles. The Morgan fingerprint density at radius 1 is 1.55 bits per heavy atom. The summed E-state index contributed by atoms with van der Waals surface area (Å²) in [5.74, 6) is 0.251. The van der Waals surface area contributed by atoms with Gasteiger partial charge in [-0.25, -0.2) is 0 Å². The molecule has 0 spiro atoms. The Kier molecular flexibility index (Phi) is 3.94. The Bertz CT molecular complexity index is 125. The molecule has 2 atom stereocenters. The second-order valence-corrected chi connectivity index (χ2v) is 3.47. The molecule has 0 aliphatic heterocycles. The van der Waals surface area contributed by atoms with E-state index in [0.717, 1.165) is 32.0 Å². The van der Waals surface area contributed by atoms with E-state index in [0.29, 0.717) is 6.10 Å². The van der Waals surface area contributed by atoms with Crippen LogP contribution in [0.1, 0.15) is 25.7 Å². The van der Waals surface area contributed by atoms with Gasteiger partial charge in [-0.05, 0) is 31.3 Å². The number of carbonyl (C=O) groups is 1. The number of rotatable bonds is 3. The summed E-state index contributed by atoms with van der Waals surface area (Å²) < 4.78 is 5.37. The van der Waals surface area contributed by atoms with E-state index in [9.17, 15) is 4.79 Å². The Hall–Kier alpha value is -0.0200. The SMILES string of the molecule is CSOC1CCCC(C=O)C1. The molecule has 1 aliphatic carbocycles. The zero-order valence-corrected chi connectivity index (χ0v) is 7.60. The number of carbonyl (C=O) groups excluding carboxylic acids is 1. The van der Waals surface area contributed by atoms with Crippen molar-refractivity contribution in [1.82, 2.24) is 0 Å². The quantitative estimate of drug-likeness (QED) is 0.484. The van der Waals surface area contributed by atoms with E-state index in [1.165, 1.54) is 12.0 Å². The highest BCUT2D eigenvalue weighted by atomic mass is 32.2. The van der Waals surface area contributed by atoms with E-state index >= 15 is 0 Å². The summed E-state index contributed by atoms with van der Waals surface area (Å²) in [6, 6.07) is 0. The molecule has 1 fully saturated rings. The van der Waals surface area contributed by atoms with Gasteiger partial charge < -0.3 is 8.98 Å². The molecule has 0 radical (unpaired) electrons. The Labute approximate surface area is 71.9 Å². The van der Waals surface area contributed by atoms with Gasteiger partial charge in [-0.2, -0.15) is 0 Å². The minimum absolute atomic E-state index is 0.251. The predicted octanol–water partition coefficient (Wildman–Crippen LogP) is 2.04. The van der Waals surface area contributed by atoms with Crippen molar-refractivity contribution < 1.29 is 8.98 Å². The molecular formula is C8H14O2S. The van der Waals surface area contributed by atoms with Crippen molar-refractivity contribution in [2.45, 2.75) is 31.8 Å². The lowest BCUT2D eigenvalue weighted by Crippen LogP contribution is -2.21. The first-order valence-corrected chi connectivity index (χ1v) is 5.16. The fourth-order valence-electron chi connectivity index (χ4n) is 1.53. The van der Waals surface area contributed by atoms with E-state index in [-0.39, 0.29) is 5.92 Å². The molecule has 64 valence electrons. The van der Waals surface area contributed by atoms with Crippen LogP contribution in [0, 0.1) is 5.92 Å². The van der Waals surface area contributed by atoms with Gasteiger partial charge in [-0.1, -0.05) is 6.42 Å². The first-order valence-electron chi connectivity index (χ1n) is 4.01. The maximum Gasteiger partial charge on any atom is 0.123 e. The van der Waals surface area contributed by atoms with Crippen molar-refractivity contribution in [3.05, 3.63) is 0 Å². The van der Waals surface area contributed by atoms with Gasteiger partial charge in [0.1, 0.15) is 6.29 Å². The molecule has 11 heavy (non-hydrogen) atoms. The van der Waals surface area contributed by atoms with Gasteiger partial charge >= 0.3 is 0 Å². The summed E-state index contributed by atoms with van der Waals surface area (Å²) in [6.45, 7) is 0. The van der Waals surface area contributed by atoms with Crippen molar-refractivity contribution in [3.63, 3.8) is 0 Å². The molecule has 0 N–H and O–H groups in total. The maximum absolute atomic E-state index is 10.4. The molecule has 0 aromatic rings. The molecule has 1 rings (SSSR count). The van der Waals surface area contributed by atoms with Crippen LogP contribution in [0.3, 0.4) is 0 Å². The third-order valence-electron chi connectivity index (χ3n) is 2.09. The maximum atomic E-state index is 10.4. The Balaban J connectivity index is 2.27.